The van der Waals surface area contributed by atoms with Crippen LogP contribution >= 0.6 is 0 Å². The van der Waals surface area contributed by atoms with Gasteiger partial charge in [-0.3, -0.25) is 0 Å². The first kappa shape index (κ1) is 32.2. The van der Waals surface area contributed by atoms with E-state index in [0.29, 0.717) is 23.9 Å². The van der Waals surface area contributed by atoms with Crippen molar-refractivity contribution in [2.24, 2.45) is 0 Å². The number of nitrogens with zero attached hydrogens (tertiary/aromatic N) is 2. The summed E-state index contributed by atoms with van der Waals surface area (Å²) in [5.74, 6) is 1.39. The molecule has 1 aliphatic heterocycles. The Morgan fingerprint density at radius 2 is 1.85 bits per heavy atom. The van der Waals surface area contributed by atoms with Crippen LogP contribution in [0, 0.1) is 0 Å². The van der Waals surface area contributed by atoms with Gasteiger partial charge in [0.15, 0.2) is 0 Å². The van der Waals surface area contributed by atoms with Gasteiger partial charge in [-0.2, -0.15) is 0 Å². The van der Waals surface area contributed by atoms with Gasteiger partial charge in [-0.1, -0.05) is 24.3 Å². The molecule has 0 amide bonds. The van der Waals surface area contributed by atoms with Crippen LogP contribution < -0.4 is 18.7 Å². The van der Waals surface area contributed by atoms with Crippen LogP contribution in [-0.2, 0) is 16.7 Å². The Hall–Kier alpha value is -4.40. The summed E-state index contributed by atoms with van der Waals surface area (Å²) < 4.78 is 50.7. The van der Waals surface area contributed by atoms with Crippen LogP contribution in [0.2, 0.25) is 0 Å². The van der Waals surface area contributed by atoms with E-state index in [1.807, 2.05) is 59.2 Å². The zero-order valence-electron chi connectivity index (χ0n) is 26.8. The summed E-state index contributed by atoms with van der Waals surface area (Å²) in [6.45, 7) is 0.343. The minimum atomic E-state index is -4.32. The van der Waals surface area contributed by atoms with Gasteiger partial charge in [-0.05, 0) is 11.5 Å². The van der Waals surface area contributed by atoms with Gasteiger partial charge >= 0.3 is 224 Å². The standard InChI is InChI=1S/C39H36N2O5SSe/c1-40-34-26-32(45-2)17-19-36(34)48-38(40)25-28-22-27(23-31(24-28)29-11-4-3-5-12-29)10-8-15-37-41(20-9-21-47(42,43)44)39-33-14-7-6-13-30(33)16-18-35(39)46-37/h3-8,10-19,22,25-26,31H,9,20-21,23-24H2,1-2H3. The fourth-order valence-electron chi connectivity index (χ4n) is 6.61. The molecular weight excluding hydrogens is 687 g/mol. The average Bonchev–Trinajstić information content (AvgIpc) is 3.60. The van der Waals surface area contributed by atoms with Gasteiger partial charge in [0.25, 0.3) is 0 Å². The van der Waals surface area contributed by atoms with Crippen molar-refractivity contribution in [2.75, 3.05) is 24.8 Å². The summed E-state index contributed by atoms with van der Waals surface area (Å²) in [5, 5.41) is 2.07. The summed E-state index contributed by atoms with van der Waals surface area (Å²) in [4.78, 5) is 2.29. The van der Waals surface area contributed by atoms with Crippen molar-refractivity contribution >= 4 is 63.2 Å². The number of hydrogen-bond acceptors (Lipinski definition) is 6. The number of benzene rings is 4. The molecule has 0 saturated carbocycles. The number of anilines is 1. The van der Waals surface area contributed by atoms with Crippen molar-refractivity contribution in [3.8, 4) is 5.75 Å². The van der Waals surface area contributed by atoms with Crippen LogP contribution in [0.5, 0.6) is 5.75 Å². The summed E-state index contributed by atoms with van der Waals surface area (Å²) in [5.41, 5.74) is 6.64. The first-order valence-electron chi connectivity index (χ1n) is 16.0. The predicted octanol–water partition coefficient (Wildman–Crippen LogP) is 6.58. The third-order valence-electron chi connectivity index (χ3n) is 8.93. The van der Waals surface area contributed by atoms with E-state index in [9.17, 15) is 13.0 Å². The molecule has 48 heavy (non-hydrogen) atoms. The Kier molecular flexibility index (Phi) is 9.12. The molecule has 2 aliphatic rings. The number of allylic oxidation sites excluding steroid dienone is 6. The SMILES string of the molecule is COc1ccc2c(c1)N(C)/C(=C/C1=CC(=C/C=C/c3oc4ccc5ccccc5c4[n+]3CCCS(=O)(=O)[O-])/CC(c3ccccc3)C1)[Se]2. The number of fused-ring (bicyclic) bond motifs is 4. The second-order valence-corrected chi connectivity index (χ2v) is 15.9. The number of rotatable bonds is 9. The number of ether oxygens (including phenoxy) is 1. The molecule has 1 aliphatic carbocycles. The minimum absolute atomic E-state index is 0.197. The van der Waals surface area contributed by atoms with E-state index < -0.39 is 15.9 Å². The quantitative estimate of drug-likeness (QED) is 0.0971. The number of aromatic nitrogens is 1. The van der Waals surface area contributed by atoms with Gasteiger partial charge in [-0.15, -0.1) is 0 Å². The topological polar surface area (TPSA) is 86.7 Å². The first-order valence-corrected chi connectivity index (χ1v) is 19.3. The number of aryl methyl sites for hydroxylation is 1. The fourth-order valence-corrected chi connectivity index (χ4v) is 9.41. The van der Waals surface area contributed by atoms with Crippen molar-refractivity contribution in [3.05, 3.63) is 136 Å². The maximum atomic E-state index is 11.4. The second kappa shape index (κ2) is 13.6. The average molecular weight is 724 g/mol. The molecule has 1 unspecified atom stereocenters. The molecule has 5 aromatic rings. The summed E-state index contributed by atoms with van der Waals surface area (Å²) in [6.07, 6.45) is 12.8. The molecule has 0 bridgehead atoms. The van der Waals surface area contributed by atoms with E-state index in [1.54, 1.807) is 7.11 Å². The van der Waals surface area contributed by atoms with Gasteiger partial charge in [0.2, 0.25) is 0 Å². The predicted molar refractivity (Wildman–Crippen MR) is 192 cm³/mol. The zero-order valence-corrected chi connectivity index (χ0v) is 29.4. The van der Waals surface area contributed by atoms with Crippen molar-refractivity contribution in [1.82, 2.24) is 0 Å². The molecule has 244 valence electrons. The third-order valence-corrected chi connectivity index (χ3v) is 12.2. The van der Waals surface area contributed by atoms with Crippen LogP contribution in [0.25, 0.3) is 27.9 Å². The van der Waals surface area contributed by atoms with Crippen molar-refractivity contribution in [3.63, 3.8) is 0 Å². The van der Waals surface area contributed by atoms with E-state index >= 15 is 0 Å². The summed E-state index contributed by atoms with van der Waals surface area (Å²) in [7, 11) is -0.485. The van der Waals surface area contributed by atoms with E-state index in [-0.39, 0.29) is 21.4 Å². The van der Waals surface area contributed by atoms with Crippen molar-refractivity contribution in [2.45, 2.75) is 31.7 Å². The van der Waals surface area contributed by atoms with Crippen LogP contribution in [0.3, 0.4) is 0 Å². The molecule has 9 heteroatoms. The number of methoxy groups -OCH3 is 1. The van der Waals surface area contributed by atoms with Crippen LogP contribution in [0.4, 0.5) is 5.69 Å². The fraction of sp³-hybridized carbons (Fsp3) is 0.205. The molecule has 1 atom stereocenters. The Morgan fingerprint density at radius 1 is 1.04 bits per heavy atom. The van der Waals surface area contributed by atoms with Gasteiger partial charge in [0, 0.05) is 5.75 Å². The van der Waals surface area contributed by atoms with E-state index in [1.165, 1.54) is 31.5 Å². The maximum absolute atomic E-state index is 11.4. The molecule has 0 radical (unpaired) electrons. The van der Waals surface area contributed by atoms with Crippen LogP contribution in [0.1, 0.15) is 36.6 Å². The molecule has 0 saturated heterocycles. The normalized spacial score (nSPS) is 18.4. The van der Waals surface area contributed by atoms with Gasteiger partial charge in [0.05, 0.1) is 10.1 Å². The Bertz CT molecular complexity index is 2240. The van der Waals surface area contributed by atoms with Crippen LogP contribution in [-0.4, -0.2) is 47.8 Å². The molecule has 2 heterocycles. The molecular formula is C39H36N2O5SSe. The first-order chi connectivity index (χ1) is 23.3. The number of oxazole rings is 1. The van der Waals surface area contributed by atoms with Gasteiger partial charge in [-0.25, -0.2) is 8.42 Å². The van der Waals surface area contributed by atoms with Gasteiger partial charge < -0.3 is 4.55 Å². The Morgan fingerprint density at radius 3 is 2.67 bits per heavy atom. The number of hydrogen-bond donors (Lipinski definition) is 0. The van der Waals surface area contributed by atoms with Crippen molar-refractivity contribution in [1.29, 1.82) is 0 Å². The third kappa shape index (κ3) is 6.91. The monoisotopic (exact) mass is 724 g/mol. The molecule has 7 rings (SSSR count). The molecule has 7 nitrogen and oxygen atoms in total. The zero-order chi connectivity index (χ0) is 33.3. The summed E-state index contributed by atoms with van der Waals surface area (Å²) >= 11 is 0.200. The Labute approximate surface area is 287 Å². The Balaban J connectivity index is 1.23. The van der Waals surface area contributed by atoms with E-state index in [2.05, 4.69) is 72.6 Å². The molecule has 0 spiro atoms. The molecule has 0 N–H and O–H groups in total. The van der Waals surface area contributed by atoms with E-state index in [0.717, 1.165) is 34.9 Å². The van der Waals surface area contributed by atoms with Gasteiger partial charge in [0.1, 0.15) is 0 Å². The second-order valence-electron chi connectivity index (χ2n) is 12.2. The van der Waals surface area contributed by atoms with Crippen molar-refractivity contribution < 1.29 is 26.7 Å². The van der Waals surface area contributed by atoms with E-state index in [4.69, 9.17) is 9.15 Å². The van der Waals surface area contributed by atoms with Crippen LogP contribution in [0.15, 0.2) is 129 Å². The molecule has 0 fully saturated rings. The summed E-state index contributed by atoms with van der Waals surface area (Å²) in [6, 6.07) is 29.0. The molecule has 4 aromatic carbocycles. The molecule has 1 aromatic heterocycles.